The minimum absolute atomic E-state index is 0.193. The first kappa shape index (κ1) is 15.9. The zero-order valence-electron chi connectivity index (χ0n) is 12.8. The summed E-state index contributed by atoms with van der Waals surface area (Å²) < 4.78 is 23.6. The number of likely N-dealkylation sites (N-methyl/N-ethyl adjacent to an activating group) is 1. The van der Waals surface area contributed by atoms with Gasteiger partial charge in [-0.3, -0.25) is 4.79 Å². The molecular weight excluding hydrogens is 322 g/mol. The molecule has 22 heavy (non-hydrogen) atoms. The summed E-state index contributed by atoms with van der Waals surface area (Å²) in [6.45, 7) is -0.193. The van der Waals surface area contributed by atoms with Crippen LogP contribution in [0.3, 0.4) is 0 Å². The number of carbonyl (C=O) groups is 1. The van der Waals surface area contributed by atoms with Gasteiger partial charge in [0, 0.05) is 18.3 Å². The fourth-order valence-corrected chi connectivity index (χ4v) is 4.74. The molecule has 0 radical (unpaired) electrons. The van der Waals surface area contributed by atoms with E-state index in [4.69, 9.17) is 0 Å². The molecule has 0 aromatic carbocycles. The Balaban J connectivity index is 1.59. The van der Waals surface area contributed by atoms with Crippen molar-refractivity contribution in [3.8, 4) is 0 Å². The summed E-state index contributed by atoms with van der Waals surface area (Å²) in [7, 11) is -1.96. The molecule has 3 rings (SSSR count). The van der Waals surface area contributed by atoms with E-state index in [0.717, 1.165) is 28.1 Å². The van der Waals surface area contributed by atoms with E-state index in [1.54, 1.807) is 0 Å². The van der Waals surface area contributed by atoms with Crippen LogP contribution in [0.15, 0.2) is 5.38 Å². The number of amides is 1. The van der Waals surface area contributed by atoms with Gasteiger partial charge >= 0.3 is 0 Å². The quantitative estimate of drug-likeness (QED) is 0.885. The lowest BCUT2D eigenvalue weighted by Crippen LogP contribution is -2.34. The summed E-state index contributed by atoms with van der Waals surface area (Å²) in [5.74, 6) is 1.80. The molecule has 0 aliphatic heterocycles. The molecule has 122 valence electrons. The normalized spacial score (nSPS) is 27.5. The molecule has 0 unspecified atom stereocenters. The number of anilines is 1. The van der Waals surface area contributed by atoms with Crippen LogP contribution in [0.4, 0.5) is 5.13 Å². The standard InChI is InChI=1S/C14H21N3O3S2/c1-17(22(2,19)20)7-13(18)16-14-15-12(8-21-14)11-6-9-3-4-10(11)5-9/h8-11H,3-7H2,1-2H3,(H,15,16,18)/t9-,10-,11-/m0/s1. The van der Waals surface area contributed by atoms with Gasteiger partial charge in [-0.1, -0.05) is 6.42 Å². The van der Waals surface area contributed by atoms with Crippen LogP contribution >= 0.6 is 11.3 Å². The molecule has 8 heteroatoms. The number of hydrogen-bond acceptors (Lipinski definition) is 5. The highest BCUT2D eigenvalue weighted by atomic mass is 32.2. The lowest BCUT2D eigenvalue weighted by atomic mass is 9.87. The van der Waals surface area contributed by atoms with Crippen LogP contribution < -0.4 is 5.32 Å². The summed E-state index contributed by atoms with van der Waals surface area (Å²) >= 11 is 1.42. The van der Waals surface area contributed by atoms with E-state index in [0.29, 0.717) is 11.0 Å². The predicted molar refractivity (Wildman–Crippen MR) is 86.4 cm³/mol. The summed E-state index contributed by atoms with van der Waals surface area (Å²) in [4.78, 5) is 16.4. The van der Waals surface area contributed by atoms with E-state index >= 15 is 0 Å². The van der Waals surface area contributed by atoms with E-state index in [1.165, 1.54) is 44.1 Å². The maximum Gasteiger partial charge on any atom is 0.241 e. The van der Waals surface area contributed by atoms with Crippen LogP contribution in [0.1, 0.15) is 37.3 Å². The van der Waals surface area contributed by atoms with Gasteiger partial charge in [0.25, 0.3) is 0 Å². The zero-order valence-corrected chi connectivity index (χ0v) is 14.4. The molecule has 1 aromatic heterocycles. The highest BCUT2D eigenvalue weighted by molar-refractivity contribution is 7.88. The van der Waals surface area contributed by atoms with E-state index in [9.17, 15) is 13.2 Å². The lowest BCUT2D eigenvalue weighted by molar-refractivity contribution is -0.116. The second-order valence-electron chi connectivity index (χ2n) is 6.43. The summed E-state index contributed by atoms with van der Waals surface area (Å²) in [5, 5.41) is 5.28. The molecule has 2 saturated carbocycles. The van der Waals surface area contributed by atoms with Crippen LogP contribution in [0, 0.1) is 11.8 Å². The Morgan fingerprint density at radius 3 is 2.82 bits per heavy atom. The van der Waals surface area contributed by atoms with Gasteiger partial charge in [-0.05, 0) is 31.1 Å². The number of rotatable bonds is 5. The first-order valence-corrected chi connectivity index (χ1v) is 10.2. The Bertz CT molecular complexity index is 671. The molecule has 0 saturated heterocycles. The lowest BCUT2D eigenvalue weighted by Gasteiger charge is -2.19. The average Bonchev–Trinajstić information content (AvgIpc) is 3.12. The molecule has 2 bridgehead atoms. The average molecular weight is 343 g/mol. The minimum Gasteiger partial charge on any atom is -0.301 e. The van der Waals surface area contributed by atoms with Gasteiger partial charge in [0.05, 0.1) is 18.5 Å². The van der Waals surface area contributed by atoms with Crippen molar-refractivity contribution in [1.82, 2.24) is 9.29 Å². The van der Waals surface area contributed by atoms with Crippen LogP contribution in [0.5, 0.6) is 0 Å². The predicted octanol–water partition coefficient (Wildman–Crippen LogP) is 1.88. The third-order valence-corrected chi connectivity index (χ3v) is 6.86. The van der Waals surface area contributed by atoms with Gasteiger partial charge in [-0.2, -0.15) is 4.31 Å². The fraction of sp³-hybridized carbons (Fsp3) is 0.714. The molecule has 2 aliphatic rings. The fourth-order valence-electron chi connectivity index (χ4n) is 3.60. The van der Waals surface area contributed by atoms with Crippen molar-refractivity contribution >= 4 is 32.4 Å². The Labute approximate surface area is 135 Å². The van der Waals surface area contributed by atoms with Crippen LogP contribution in [0.25, 0.3) is 0 Å². The minimum atomic E-state index is -3.35. The summed E-state index contributed by atoms with van der Waals surface area (Å²) in [6.07, 6.45) is 6.28. The number of fused-ring (bicyclic) bond motifs is 2. The van der Waals surface area contributed by atoms with E-state index in [-0.39, 0.29) is 12.5 Å². The second-order valence-corrected chi connectivity index (χ2v) is 9.37. The number of thiazole rings is 1. The Morgan fingerprint density at radius 1 is 1.45 bits per heavy atom. The third-order valence-electron chi connectivity index (χ3n) is 4.82. The SMILES string of the molecule is CN(CC(=O)Nc1nc([C@H]2C[C@H]3CC[C@H]2C3)cs1)S(C)(=O)=O. The smallest absolute Gasteiger partial charge is 0.241 e. The first-order chi connectivity index (χ1) is 10.3. The van der Waals surface area contributed by atoms with Gasteiger partial charge < -0.3 is 5.32 Å². The van der Waals surface area contributed by atoms with Crippen molar-refractivity contribution in [1.29, 1.82) is 0 Å². The van der Waals surface area contributed by atoms with E-state index in [2.05, 4.69) is 10.3 Å². The van der Waals surface area contributed by atoms with Crippen molar-refractivity contribution in [3.63, 3.8) is 0 Å². The molecular formula is C14H21N3O3S2. The topological polar surface area (TPSA) is 79.4 Å². The van der Waals surface area contributed by atoms with Gasteiger partial charge in [0.1, 0.15) is 0 Å². The third kappa shape index (κ3) is 3.33. The number of hydrogen-bond donors (Lipinski definition) is 1. The second kappa shape index (κ2) is 5.90. The van der Waals surface area contributed by atoms with Crippen LogP contribution in [-0.4, -0.2) is 43.5 Å². The number of aromatic nitrogens is 1. The van der Waals surface area contributed by atoms with Crippen molar-refractivity contribution in [2.75, 3.05) is 25.2 Å². The highest BCUT2D eigenvalue weighted by Crippen LogP contribution is 2.52. The Morgan fingerprint density at radius 2 is 2.23 bits per heavy atom. The maximum atomic E-state index is 11.9. The number of nitrogens with zero attached hydrogens (tertiary/aromatic N) is 2. The Hall–Kier alpha value is -0.990. The largest absolute Gasteiger partial charge is 0.301 e. The maximum absolute atomic E-state index is 11.9. The van der Waals surface area contributed by atoms with Crippen LogP contribution in [0.2, 0.25) is 0 Å². The molecule has 0 spiro atoms. The van der Waals surface area contributed by atoms with Gasteiger partial charge in [0.15, 0.2) is 5.13 Å². The molecule has 1 N–H and O–H groups in total. The van der Waals surface area contributed by atoms with Crippen molar-refractivity contribution in [3.05, 3.63) is 11.1 Å². The van der Waals surface area contributed by atoms with E-state index < -0.39 is 10.0 Å². The molecule has 1 heterocycles. The molecule has 2 fully saturated rings. The number of sulfonamides is 1. The van der Waals surface area contributed by atoms with Crippen molar-refractivity contribution in [2.45, 2.75) is 31.6 Å². The summed E-state index contributed by atoms with van der Waals surface area (Å²) in [5.41, 5.74) is 1.09. The van der Waals surface area contributed by atoms with Gasteiger partial charge in [0.2, 0.25) is 15.9 Å². The molecule has 6 nitrogen and oxygen atoms in total. The van der Waals surface area contributed by atoms with Crippen molar-refractivity contribution < 1.29 is 13.2 Å². The zero-order chi connectivity index (χ0) is 15.9. The monoisotopic (exact) mass is 343 g/mol. The van der Waals surface area contributed by atoms with Crippen LogP contribution in [-0.2, 0) is 14.8 Å². The Kier molecular flexibility index (Phi) is 4.26. The highest BCUT2D eigenvalue weighted by Gasteiger charge is 2.41. The van der Waals surface area contributed by atoms with E-state index in [1.807, 2.05) is 5.38 Å². The molecule has 1 aromatic rings. The van der Waals surface area contributed by atoms with Gasteiger partial charge in [-0.15, -0.1) is 11.3 Å². The van der Waals surface area contributed by atoms with Gasteiger partial charge in [-0.25, -0.2) is 13.4 Å². The number of carbonyl (C=O) groups excluding carboxylic acids is 1. The van der Waals surface area contributed by atoms with Crippen molar-refractivity contribution in [2.24, 2.45) is 11.8 Å². The molecule has 1 amide bonds. The molecule has 3 atom stereocenters. The first-order valence-electron chi connectivity index (χ1n) is 7.49. The molecule has 2 aliphatic carbocycles. The summed E-state index contributed by atoms with van der Waals surface area (Å²) in [6, 6.07) is 0. The number of nitrogens with one attached hydrogen (secondary N) is 1.